The Morgan fingerprint density at radius 3 is 2.10 bits per heavy atom. The SMILES string of the molecule is CC.CC1=CN(C)C(C)S1. The lowest BCUT2D eigenvalue weighted by atomic mass is 10.6. The number of nitrogens with zero attached hydrogens (tertiary/aromatic N) is 1. The van der Waals surface area contributed by atoms with Crippen molar-refractivity contribution in [3.63, 3.8) is 0 Å². The molecule has 0 aromatic heterocycles. The summed E-state index contributed by atoms with van der Waals surface area (Å²) in [5.74, 6) is 0. The first-order chi connectivity index (χ1) is 4.70. The van der Waals surface area contributed by atoms with Crippen LogP contribution in [0.4, 0.5) is 0 Å². The molecule has 1 heterocycles. The Bertz CT molecular complexity index is 120. The number of thioether (sulfide) groups is 1. The first-order valence-corrected chi connectivity index (χ1v) is 4.65. The Morgan fingerprint density at radius 1 is 1.50 bits per heavy atom. The fraction of sp³-hybridized carbons (Fsp3) is 0.750. The van der Waals surface area contributed by atoms with Crippen LogP contribution in [-0.4, -0.2) is 17.3 Å². The monoisotopic (exact) mass is 159 g/mol. The zero-order valence-corrected chi connectivity index (χ0v) is 8.33. The highest BCUT2D eigenvalue weighted by Crippen LogP contribution is 2.29. The zero-order chi connectivity index (χ0) is 8.15. The first kappa shape index (κ1) is 9.89. The van der Waals surface area contributed by atoms with E-state index in [1.807, 2.05) is 25.6 Å². The number of hydrogen-bond acceptors (Lipinski definition) is 2. The molecular formula is C8H17NS. The fourth-order valence-corrected chi connectivity index (χ4v) is 1.77. The highest BCUT2D eigenvalue weighted by molar-refractivity contribution is 8.03. The molecule has 0 saturated heterocycles. The van der Waals surface area contributed by atoms with Gasteiger partial charge in [0.15, 0.2) is 0 Å². The summed E-state index contributed by atoms with van der Waals surface area (Å²) in [5.41, 5.74) is 0. The molecular weight excluding hydrogens is 142 g/mol. The van der Waals surface area contributed by atoms with E-state index in [1.165, 1.54) is 4.91 Å². The molecule has 0 bridgehead atoms. The van der Waals surface area contributed by atoms with Crippen molar-refractivity contribution < 1.29 is 0 Å². The van der Waals surface area contributed by atoms with Crippen LogP contribution in [0.15, 0.2) is 11.1 Å². The largest absolute Gasteiger partial charge is 0.368 e. The molecule has 0 saturated carbocycles. The molecule has 0 aliphatic carbocycles. The molecule has 0 spiro atoms. The molecule has 1 rings (SSSR count). The van der Waals surface area contributed by atoms with Gasteiger partial charge in [-0.1, -0.05) is 13.8 Å². The molecule has 1 aliphatic heterocycles. The van der Waals surface area contributed by atoms with Gasteiger partial charge in [0, 0.05) is 13.2 Å². The van der Waals surface area contributed by atoms with E-state index in [4.69, 9.17) is 0 Å². The van der Waals surface area contributed by atoms with Crippen LogP contribution >= 0.6 is 11.8 Å². The van der Waals surface area contributed by atoms with Crippen molar-refractivity contribution >= 4 is 11.8 Å². The average Bonchev–Trinajstić information content (AvgIpc) is 2.16. The van der Waals surface area contributed by atoms with Gasteiger partial charge in [-0.3, -0.25) is 0 Å². The van der Waals surface area contributed by atoms with Crippen LogP contribution in [0.2, 0.25) is 0 Å². The molecule has 1 atom stereocenters. The Kier molecular flexibility index (Phi) is 4.62. The van der Waals surface area contributed by atoms with Crippen LogP contribution in [0.3, 0.4) is 0 Å². The number of hydrogen-bond donors (Lipinski definition) is 0. The van der Waals surface area contributed by atoms with Crippen LogP contribution in [-0.2, 0) is 0 Å². The van der Waals surface area contributed by atoms with Gasteiger partial charge in [0.2, 0.25) is 0 Å². The van der Waals surface area contributed by atoms with Crippen molar-refractivity contribution in [3.8, 4) is 0 Å². The highest BCUT2D eigenvalue weighted by atomic mass is 32.2. The van der Waals surface area contributed by atoms with E-state index >= 15 is 0 Å². The van der Waals surface area contributed by atoms with Crippen molar-refractivity contribution in [1.29, 1.82) is 0 Å². The third-order valence-electron chi connectivity index (χ3n) is 1.32. The van der Waals surface area contributed by atoms with Crippen molar-refractivity contribution in [3.05, 3.63) is 11.1 Å². The molecule has 0 aromatic rings. The predicted molar refractivity (Wildman–Crippen MR) is 49.9 cm³/mol. The minimum absolute atomic E-state index is 0.648. The summed E-state index contributed by atoms with van der Waals surface area (Å²) in [6, 6.07) is 0. The van der Waals surface area contributed by atoms with Crippen LogP contribution in [0.1, 0.15) is 27.7 Å². The molecule has 0 amide bonds. The van der Waals surface area contributed by atoms with Crippen LogP contribution in [0.25, 0.3) is 0 Å². The van der Waals surface area contributed by atoms with Crippen molar-refractivity contribution in [1.82, 2.24) is 4.90 Å². The standard InChI is InChI=1S/C6H11NS.C2H6/c1-5-4-7(3)6(2)8-5;1-2/h4,6H,1-3H3;1-2H3. The lowest BCUT2D eigenvalue weighted by molar-refractivity contribution is 0.459. The lowest BCUT2D eigenvalue weighted by Gasteiger charge is -2.12. The fourth-order valence-electron chi connectivity index (χ4n) is 0.774. The van der Waals surface area contributed by atoms with E-state index in [2.05, 4.69) is 32.0 Å². The lowest BCUT2D eigenvalue weighted by Crippen LogP contribution is -2.14. The molecule has 0 radical (unpaired) electrons. The van der Waals surface area contributed by atoms with Gasteiger partial charge in [-0.05, 0) is 18.8 Å². The Labute approximate surface area is 68.5 Å². The molecule has 0 aromatic carbocycles. The average molecular weight is 159 g/mol. The Morgan fingerprint density at radius 2 is 2.00 bits per heavy atom. The molecule has 1 aliphatic rings. The smallest absolute Gasteiger partial charge is 0.0757 e. The summed E-state index contributed by atoms with van der Waals surface area (Å²) in [7, 11) is 2.11. The van der Waals surface area contributed by atoms with Gasteiger partial charge in [-0.25, -0.2) is 0 Å². The van der Waals surface area contributed by atoms with E-state index < -0.39 is 0 Å². The van der Waals surface area contributed by atoms with E-state index in [0.29, 0.717) is 5.37 Å². The quantitative estimate of drug-likeness (QED) is 0.534. The maximum Gasteiger partial charge on any atom is 0.0757 e. The maximum absolute atomic E-state index is 2.22. The summed E-state index contributed by atoms with van der Waals surface area (Å²) in [4.78, 5) is 3.64. The first-order valence-electron chi connectivity index (χ1n) is 3.77. The molecule has 10 heavy (non-hydrogen) atoms. The summed E-state index contributed by atoms with van der Waals surface area (Å²) in [6.45, 7) is 8.35. The molecule has 1 unspecified atom stereocenters. The second-order valence-electron chi connectivity index (χ2n) is 2.12. The molecule has 2 heteroatoms. The highest BCUT2D eigenvalue weighted by Gasteiger charge is 2.13. The number of rotatable bonds is 0. The zero-order valence-electron chi connectivity index (χ0n) is 7.51. The van der Waals surface area contributed by atoms with E-state index in [0.717, 1.165) is 0 Å². The van der Waals surface area contributed by atoms with Crippen LogP contribution in [0, 0.1) is 0 Å². The van der Waals surface area contributed by atoms with Crippen LogP contribution < -0.4 is 0 Å². The van der Waals surface area contributed by atoms with Gasteiger partial charge in [0.1, 0.15) is 0 Å². The Hall–Kier alpha value is -0.110. The molecule has 0 N–H and O–H groups in total. The van der Waals surface area contributed by atoms with Crippen molar-refractivity contribution in [2.24, 2.45) is 0 Å². The van der Waals surface area contributed by atoms with Gasteiger partial charge in [0.05, 0.1) is 5.37 Å². The maximum atomic E-state index is 2.22. The third-order valence-corrected chi connectivity index (χ3v) is 2.47. The van der Waals surface area contributed by atoms with Crippen LogP contribution in [0.5, 0.6) is 0 Å². The van der Waals surface area contributed by atoms with Gasteiger partial charge in [-0.2, -0.15) is 0 Å². The predicted octanol–water partition coefficient (Wildman–Crippen LogP) is 2.90. The van der Waals surface area contributed by atoms with Gasteiger partial charge < -0.3 is 4.90 Å². The minimum atomic E-state index is 0.648. The second-order valence-corrected chi connectivity index (χ2v) is 3.68. The second kappa shape index (κ2) is 4.67. The molecule has 1 nitrogen and oxygen atoms in total. The van der Waals surface area contributed by atoms with Gasteiger partial charge in [0.25, 0.3) is 0 Å². The van der Waals surface area contributed by atoms with E-state index in [-0.39, 0.29) is 0 Å². The van der Waals surface area contributed by atoms with Crippen molar-refractivity contribution in [2.75, 3.05) is 7.05 Å². The number of allylic oxidation sites excluding steroid dienone is 1. The summed E-state index contributed by atoms with van der Waals surface area (Å²) in [5, 5.41) is 0.648. The topological polar surface area (TPSA) is 3.24 Å². The normalized spacial score (nSPS) is 23.5. The third kappa shape index (κ3) is 2.65. The van der Waals surface area contributed by atoms with Gasteiger partial charge >= 0.3 is 0 Å². The summed E-state index contributed by atoms with van der Waals surface area (Å²) >= 11 is 1.92. The molecule has 60 valence electrons. The Balaban J connectivity index is 0.000000371. The molecule has 0 fully saturated rings. The van der Waals surface area contributed by atoms with Crippen molar-refractivity contribution in [2.45, 2.75) is 33.1 Å². The minimum Gasteiger partial charge on any atom is -0.368 e. The van der Waals surface area contributed by atoms with E-state index in [1.54, 1.807) is 0 Å². The summed E-state index contributed by atoms with van der Waals surface area (Å²) < 4.78 is 0. The van der Waals surface area contributed by atoms with Gasteiger partial charge in [-0.15, -0.1) is 11.8 Å². The van der Waals surface area contributed by atoms with E-state index in [9.17, 15) is 0 Å². The summed E-state index contributed by atoms with van der Waals surface area (Å²) in [6.07, 6.45) is 2.18.